The Morgan fingerprint density at radius 2 is 1.70 bits per heavy atom. The van der Waals surface area contributed by atoms with Crippen molar-refractivity contribution in [1.29, 1.82) is 0 Å². The van der Waals surface area contributed by atoms with Gasteiger partial charge in [-0.2, -0.15) is 17.9 Å². The number of methoxy groups -OCH3 is 1. The summed E-state index contributed by atoms with van der Waals surface area (Å²) in [6.45, 7) is 2.04. The lowest BCUT2D eigenvalue weighted by Crippen LogP contribution is -2.28. The molecule has 0 amide bonds. The Bertz CT molecular complexity index is 1260. The number of hydrogen-bond donors (Lipinski definition) is 0. The number of nitrogens with zero attached hydrogens (tertiary/aromatic N) is 2. The van der Waals surface area contributed by atoms with E-state index < -0.39 is 16.0 Å². The van der Waals surface area contributed by atoms with Crippen LogP contribution in [0.3, 0.4) is 0 Å². The van der Waals surface area contributed by atoms with Crippen LogP contribution in [0, 0.1) is 6.92 Å². The van der Waals surface area contributed by atoms with E-state index in [-0.39, 0.29) is 11.4 Å². The number of carbonyl (C=O) groups excluding carboxylic acids is 1. The maximum atomic E-state index is 13.4. The summed E-state index contributed by atoms with van der Waals surface area (Å²) < 4.78 is 34.3. The molecule has 0 aliphatic heterocycles. The fourth-order valence-corrected chi connectivity index (χ4v) is 5.06. The number of esters is 1. The van der Waals surface area contributed by atoms with Crippen LogP contribution < -0.4 is 0 Å². The van der Waals surface area contributed by atoms with Gasteiger partial charge in [0.25, 0.3) is 10.0 Å². The third-order valence-electron chi connectivity index (χ3n) is 4.84. The highest BCUT2D eigenvalue weighted by molar-refractivity contribution is 9.11. The molecule has 0 heterocycles. The maximum Gasteiger partial charge on any atom is 0.337 e. The number of hydrogen-bond acceptors (Lipinski definition) is 5. The molecule has 0 saturated heterocycles. The summed E-state index contributed by atoms with van der Waals surface area (Å²) in [4.78, 5) is 11.8. The quantitative estimate of drug-likeness (QED) is 0.194. The number of hydrazone groups is 1. The first-order valence-corrected chi connectivity index (χ1v) is 13.0. The lowest BCUT2D eigenvalue weighted by Gasteiger charge is -2.20. The minimum absolute atomic E-state index is 0.141. The van der Waals surface area contributed by atoms with Crippen LogP contribution >= 0.6 is 31.9 Å². The van der Waals surface area contributed by atoms with Crippen LogP contribution in [0.2, 0.25) is 0 Å². The summed E-state index contributed by atoms with van der Waals surface area (Å²) in [5, 5.41) is 4.30. The number of halogens is 2. The zero-order valence-electron chi connectivity index (χ0n) is 18.0. The molecule has 0 bridgehead atoms. The van der Waals surface area contributed by atoms with Gasteiger partial charge in [-0.25, -0.2) is 4.79 Å². The van der Waals surface area contributed by atoms with Gasteiger partial charge in [-0.3, -0.25) is 0 Å². The van der Waals surface area contributed by atoms with Gasteiger partial charge >= 0.3 is 5.97 Å². The van der Waals surface area contributed by atoms with Crippen molar-refractivity contribution in [1.82, 2.24) is 4.41 Å². The average molecular weight is 594 g/mol. The minimum atomic E-state index is -3.87. The van der Waals surface area contributed by atoms with Gasteiger partial charge in [-0.05, 0) is 66.9 Å². The van der Waals surface area contributed by atoms with Gasteiger partial charge in [0.05, 0.1) is 30.3 Å². The fourth-order valence-electron chi connectivity index (χ4n) is 2.98. The van der Waals surface area contributed by atoms with E-state index in [1.165, 1.54) is 13.3 Å². The Morgan fingerprint density at radius 1 is 1.03 bits per heavy atom. The van der Waals surface area contributed by atoms with Crippen LogP contribution in [0.5, 0.6) is 0 Å². The molecule has 0 spiro atoms. The molecule has 0 N–H and O–H groups in total. The molecule has 0 aliphatic rings. The summed E-state index contributed by atoms with van der Waals surface area (Å²) in [7, 11) is -2.56. The van der Waals surface area contributed by atoms with E-state index in [1.54, 1.807) is 48.5 Å². The van der Waals surface area contributed by atoms with Gasteiger partial charge in [-0.1, -0.05) is 61.7 Å². The topological polar surface area (TPSA) is 76.0 Å². The largest absolute Gasteiger partial charge is 0.465 e. The summed E-state index contributed by atoms with van der Waals surface area (Å²) in [5.41, 5.74) is 2.97. The van der Waals surface area contributed by atoms with Crippen molar-refractivity contribution in [3.8, 4) is 0 Å². The van der Waals surface area contributed by atoms with Crippen molar-refractivity contribution in [2.45, 2.75) is 18.2 Å². The molecular weight excluding hydrogens is 572 g/mol. The van der Waals surface area contributed by atoms with Crippen LogP contribution in [-0.4, -0.2) is 38.7 Å². The molecule has 0 aromatic heterocycles. The van der Waals surface area contributed by atoms with Crippen molar-refractivity contribution in [2.24, 2.45) is 5.10 Å². The first kappa shape index (κ1) is 25.1. The Balaban J connectivity index is 1.90. The smallest absolute Gasteiger partial charge is 0.337 e. The van der Waals surface area contributed by atoms with E-state index in [0.717, 1.165) is 24.5 Å². The predicted molar refractivity (Wildman–Crippen MR) is 136 cm³/mol. The summed E-state index contributed by atoms with van der Waals surface area (Å²) in [6, 6.07) is 19.0. The Hall–Kier alpha value is -2.49. The van der Waals surface area contributed by atoms with Gasteiger partial charge in [0.2, 0.25) is 0 Å². The van der Waals surface area contributed by atoms with Crippen molar-refractivity contribution in [3.05, 3.63) is 97.9 Å². The second-order valence-electron chi connectivity index (χ2n) is 7.21. The summed E-state index contributed by atoms with van der Waals surface area (Å²) in [6.07, 6.45) is 1.91. The molecule has 9 heteroatoms. The van der Waals surface area contributed by atoms with Gasteiger partial charge in [-0.15, -0.1) is 0 Å². The summed E-state index contributed by atoms with van der Waals surface area (Å²) in [5.74, 6) is -0.443. The molecule has 3 aromatic rings. The molecule has 33 heavy (non-hydrogen) atoms. The number of rotatable bonds is 8. The first-order valence-electron chi connectivity index (χ1n) is 9.96. The van der Waals surface area contributed by atoms with Crippen LogP contribution in [0.25, 0.3) is 0 Å². The SMILES string of the molecule is COC(=O)c1ccc(/C=N/N(CCc2cc(Br)ccc2Br)S(=O)(=O)c2ccc(C)cc2)cc1. The van der Waals surface area contributed by atoms with Gasteiger partial charge in [0.1, 0.15) is 0 Å². The average Bonchev–Trinajstić information content (AvgIpc) is 2.81. The molecule has 6 nitrogen and oxygen atoms in total. The maximum absolute atomic E-state index is 13.4. The number of ether oxygens (including phenoxy) is 1. The zero-order valence-corrected chi connectivity index (χ0v) is 22.0. The van der Waals surface area contributed by atoms with E-state index in [2.05, 4.69) is 37.0 Å². The molecule has 3 aromatic carbocycles. The molecule has 0 aliphatic carbocycles. The standard InChI is InChI=1S/C24H22Br2N2O4S/c1-17-3-10-22(11-4-17)33(30,31)28(14-13-20-15-21(25)9-12-23(20)26)27-16-18-5-7-19(8-6-18)24(29)32-2/h3-12,15-16H,13-14H2,1-2H3/b27-16+. The van der Waals surface area contributed by atoms with Crippen LogP contribution in [0.15, 0.2) is 85.7 Å². The third kappa shape index (κ3) is 6.52. The van der Waals surface area contributed by atoms with Crippen molar-refractivity contribution < 1.29 is 17.9 Å². The van der Waals surface area contributed by atoms with Gasteiger partial charge in [0, 0.05) is 8.95 Å². The normalized spacial score (nSPS) is 11.5. The van der Waals surface area contributed by atoms with E-state index in [0.29, 0.717) is 17.5 Å². The molecule has 0 atom stereocenters. The van der Waals surface area contributed by atoms with Crippen LogP contribution in [0.1, 0.15) is 27.0 Å². The highest BCUT2D eigenvalue weighted by Gasteiger charge is 2.23. The van der Waals surface area contributed by atoms with Gasteiger partial charge in [0.15, 0.2) is 0 Å². The molecule has 172 valence electrons. The van der Waals surface area contributed by atoms with Gasteiger partial charge < -0.3 is 4.74 Å². The Kier molecular flexibility index (Phi) is 8.45. The zero-order chi connectivity index (χ0) is 24.0. The highest BCUT2D eigenvalue weighted by Crippen LogP contribution is 2.24. The minimum Gasteiger partial charge on any atom is -0.465 e. The number of carbonyl (C=O) groups is 1. The molecular formula is C24H22Br2N2O4S. The monoisotopic (exact) mass is 592 g/mol. The lowest BCUT2D eigenvalue weighted by atomic mass is 10.1. The number of sulfonamides is 1. The van der Waals surface area contributed by atoms with E-state index in [4.69, 9.17) is 4.74 Å². The van der Waals surface area contributed by atoms with E-state index >= 15 is 0 Å². The molecule has 0 saturated carbocycles. The molecule has 0 unspecified atom stereocenters. The van der Waals surface area contributed by atoms with E-state index in [9.17, 15) is 13.2 Å². The number of aryl methyl sites for hydroxylation is 1. The fraction of sp³-hybridized carbons (Fsp3) is 0.167. The number of benzene rings is 3. The molecule has 0 radical (unpaired) electrons. The lowest BCUT2D eigenvalue weighted by molar-refractivity contribution is 0.0600. The second-order valence-corrected chi connectivity index (χ2v) is 10.8. The molecule has 0 fully saturated rings. The van der Waals surface area contributed by atoms with Crippen molar-refractivity contribution >= 4 is 54.1 Å². The predicted octanol–water partition coefficient (Wildman–Crippen LogP) is 5.57. The van der Waals surface area contributed by atoms with Crippen LogP contribution in [0.4, 0.5) is 0 Å². The van der Waals surface area contributed by atoms with Crippen molar-refractivity contribution in [2.75, 3.05) is 13.7 Å². The second kappa shape index (κ2) is 11.1. The summed E-state index contributed by atoms with van der Waals surface area (Å²) >= 11 is 6.97. The Morgan fingerprint density at radius 3 is 2.33 bits per heavy atom. The third-order valence-corrected chi connectivity index (χ3v) is 7.81. The molecule has 3 rings (SSSR count). The van der Waals surface area contributed by atoms with E-state index in [1.807, 2.05) is 25.1 Å². The van der Waals surface area contributed by atoms with Crippen molar-refractivity contribution in [3.63, 3.8) is 0 Å². The first-order chi connectivity index (χ1) is 15.7. The Labute approximate surface area is 210 Å². The highest BCUT2D eigenvalue weighted by atomic mass is 79.9. The van der Waals surface area contributed by atoms with Crippen LogP contribution in [-0.2, 0) is 21.2 Å².